The van der Waals surface area contributed by atoms with Crippen LogP contribution in [0.2, 0.25) is 0 Å². The monoisotopic (exact) mass is 2110 g/mol. The summed E-state index contributed by atoms with van der Waals surface area (Å²) in [4.78, 5) is 99.5. The molecule has 0 aliphatic carbocycles. The number of aliphatic hydroxyl groups is 1. The van der Waals surface area contributed by atoms with Crippen LogP contribution < -0.4 is 63.1 Å². The number of piperazine rings is 7. The molecule has 7 aromatic rings. The number of nitro benzene ring substituents is 7. The van der Waals surface area contributed by atoms with Crippen LogP contribution in [0.1, 0.15) is 108 Å². The molecule has 796 valence electrons. The van der Waals surface area contributed by atoms with Crippen LogP contribution in [0.15, 0.2) is 127 Å². The summed E-state index contributed by atoms with van der Waals surface area (Å²) in [5, 5.41) is 86.9. The van der Waals surface area contributed by atoms with Crippen molar-refractivity contribution in [2.75, 3.05) is 255 Å². The Bertz CT molecular complexity index is 4750. The first-order valence-corrected chi connectivity index (χ1v) is 50.1. The van der Waals surface area contributed by atoms with Crippen LogP contribution in [0.25, 0.3) is 0 Å². The molecule has 13 heterocycles. The van der Waals surface area contributed by atoms with E-state index < -0.39 is 0 Å². The molecule has 13 aliphatic heterocycles. The van der Waals surface area contributed by atoms with Crippen LogP contribution in [-0.2, 0) is 37.1 Å². The molecule has 7 saturated heterocycles. The molecule has 42 nitrogen and oxygen atoms in total. The molecule has 2 radical (unpaired) electrons. The van der Waals surface area contributed by atoms with Crippen molar-refractivity contribution < 1.29 is 105 Å². The number of aliphatic hydroxyl groups excluding tert-OH is 1. The molecule has 8 unspecified atom stereocenters. The Labute approximate surface area is 874 Å². The number of non-ortho nitro benzene ring substituents is 7. The average molecular weight is 2110 g/mol. The van der Waals surface area contributed by atoms with Gasteiger partial charge in [-0.3, -0.25) is 75.5 Å². The molecule has 7 aromatic carbocycles. The van der Waals surface area contributed by atoms with Crippen molar-refractivity contribution in [2.45, 2.75) is 153 Å². The first-order chi connectivity index (χ1) is 68.3. The summed E-state index contributed by atoms with van der Waals surface area (Å²) in [5.41, 5.74) is 8.30. The number of hydrogen-bond acceptors (Lipinski definition) is 35. The Kier molecular flexibility index (Phi) is 55.4. The summed E-state index contributed by atoms with van der Waals surface area (Å²) < 4.78 is 36.2. The van der Waals surface area contributed by atoms with E-state index in [1.165, 1.54) is 42.5 Å². The van der Waals surface area contributed by atoms with Gasteiger partial charge in [-0.2, -0.15) is 0 Å². The normalized spacial score (nSPS) is 20.2. The van der Waals surface area contributed by atoms with E-state index in [0.29, 0.717) is 93.1 Å². The van der Waals surface area contributed by atoms with Gasteiger partial charge in [0.05, 0.1) is 130 Å². The second-order valence-electron chi connectivity index (χ2n) is 33.8. The average Bonchev–Trinajstić information content (AvgIpc) is 0.800. The summed E-state index contributed by atoms with van der Waals surface area (Å²) in [7, 11) is 15.2. The third kappa shape index (κ3) is 35.0. The van der Waals surface area contributed by atoms with Crippen molar-refractivity contribution in [1.82, 2.24) is 39.4 Å². The fraction of sp³-hybridized carbons (Fsp3) is 0.576. The molecule has 13 aliphatic rings. The zero-order valence-electron chi connectivity index (χ0n) is 88.0. The Morgan fingerprint density at radius 3 is 0.757 bits per heavy atom. The van der Waals surface area contributed by atoms with Crippen LogP contribution in [0.3, 0.4) is 0 Å². The van der Waals surface area contributed by atoms with E-state index in [2.05, 4.69) is 120 Å². The summed E-state index contributed by atoms with van der Waals surface area (Å²) in [6.07, 6.45) is 0. The van der Waals surface area contributed by atoms with E-state index in [1.807, 2.05) is 111 Å². The van der Waals surface area contributed by atoms with Gasteiger partial charge in [-0.05, 0) is 104 Å². The largest absolute Gasteiger partial charge is 0.489 e. The molecule has 0 aromatic heterocycles. The van der Waals surface area contributed by atoms with Crippen LogP contribution >= 0.6 is 9.39 Å². The van der Waals surface area contributed by atoms with Gasteiger partial charge in [0, 0.05) is 247 Å². The van der Waals surface area contributed by atoms with Gasteiger partial charge in [-0.1, -0.05) is 112 Å². The molecule has 8 atom stereocenters. The number of benzene rings is 7. The molecule has 7 fully saturated rings. The SMILES string of the molecule is CC.CC.CC.CC.CC.CC.CC.CN1CCN2c3cc([N+](=O)[O-])ccc3OCC2C1.CN1CCN2c3cc([N+](=O)[O-])ccc3OCC2C1.CN1CCN2c3ccc([N+](=O)[O-])cc3OCC2C1.CN1CCN2c3ccc([N+](=O)[O-])cc3OCC2C1.CN1CCN2c3ccc([N+](=O)[O-])cc3OCC2C1.CN1CCNC(CO)C1.Cc1ccc([N+](=O)[O-])cc1C.O=[N+]([O-])c1ccc2c(c1)N1CCN(P)CC1CO2.[V].[V]. The Balaban J connectivity index is 0.000000338. The van der Waals surface area contributed by atoms with Crippen LogP contribution in [0.5, 0.6) is 34.5 Å². The molecule has 45 heteroatoms. The number of hydrogen-bond donors (Lipinski definition) is 2. The topological polar surface area (TPSA) is 432 Å². The number of nitrogens with one attached hydrogen (secondary N) is 1. The number of likely N-dealkylation sites (N-methyl/N-ethyl adjacent to an activating group) is 6. The maximum atomic E-state index is 10.8. The second-order valence-corrected chi connectivity index (χ2v) is 34.6. The number of nitro groups is 7. The third-order valence-electron chi connectivity index (χ3n) is 24.7. The third-order valence-corrected chi connectivity index (χ3v) is 25.2. The van der Waals surface area contributed by atoms with Gasteiger partial charge in [0.2, 0.25) is 0 Å². The predicted octanol–water partition coefficient (Wildman–Crippen LogP) is 15.1. The van der Waals surface area contributed by atoms with Gasteiger partial charge in [0.1, 0.15) is 74.1 Å². The van der Waals surface area contributed by atoms with Gasteiger partial charge in [0.25, 0.3) is 39.8 Å². The summed E-state index contributed by atoms with van der Waals surface area (Å²) in [6.45, 7) is 55.9. The van der Waals surface area contributed by atoms with E-state index in [-0.39, 0.29) is 124 Å². The zero-order valence-corrected chi connectivity index (χ0v) is 91.9. The van der Waals surface area contributed by atoms with Gasteiger partial charge in [-0.15, -0.1) is 0 Å². The van der Waals surface area contributed by atoms with Crippen LogP contribution in [0, 0.1) is 84.6 Å². The van der Waals surface area contributed by atoms with E-state index >= 15 is 0 Å². The smallest absolute Gasteiger partial charge is 0.273 e. The minimum atomic E-state index is -0.389. The molecule has 0 bridgehead atoms. The van der Waals surface area contributed by atoms with Crippen molar-refractivity contribution in [2.24, 2.45) is 0 Å². The molecule has 144 heavy (non-hydrogen) atoms. The van der Waals surface area contributed by atoms with Crippen molar-refractivity contribution in [3.63, 3.8) is 0 Å². The van der Waals surface area contributed by atoms with Gasteiger partial charge < -0.3 is 97.6 Å². The maximum absolute atomic E-state index is 10.8. The zero-order chi connectivity index (χ0) is 105. The predicted molar refractivity (Wildman–Crippen MR) is 566 cm³/mol. The quantitative estimate of drug-likeness (QED) is 0.0810. The van der Waals surface area contributed by atoms with Crippen molar-refractivity contribution >= 4 is 83.3 Å². The molecule has 0 spiro atoms. The number of anilines is 6. The van der Waals surface area contributed by atoms with Crippen molar-refractivity contribution in [3.05, 3.63) is 209 Å². The number of aryl methyl sites for hydroxylation is 2. The van der Waals surface area contributed by atoms with Crippen molar-refractivity contribution in [3.8, 4) is 34.5 Å². The number of nitrogens with zero attached hydrogens (tertiary/aromatic N) is 20. The fourth-order valence-electron chi connectivity index (χ4n) is 17.6. The van der Waals surface area contributed by atoms with Gasteiger partial charge in [0.15, 0.2) is 0 Å². The molecular weight excluding hydrogens is 1950 g/mol. The summed E-state index contributed by atoms with van der Waals surface area (Å²) in [6, 6.07) is 36.0. The van der Waals surface area contributed by atoms with Crippen molar-refractivity contribution in [1.29, 1.82) is 0 Å². The first-order valence-electron chi connectivity index (χ1n) is 49.6. The maximum Gasteiger partial charge on any atom is 0.273 e. The molecule has 0 saturated carbocycles. The van der Waals surface area contributed by atoms with E-state index in [1.54, 1.807) is 84.9 Å². The summed E-state index contributed by atoms with van der Waals surface area (Å²) in [5.74, 6) is 4.14. The second kappa shape index (κ2) is 63.6. The van der Waals surface area contributed by atoms with Gasteiger partial charge in [-0.25, -0.2) is 0 Å². The fourth-order valence-corrected chi connectivity index (χ4v) is 17.9. The Morgan fingerprint density at radius 2 is 0.507 bits per heavy atom. The standard InChI is InChI=1S/5C12H15N3O3.C11H14N3O3P.C8H9NO2.C6H14N2O.7C2H6.2V/c2*1-13-4-5-14-10(7-13)8-18-12-3-2-9(15(16)17)6-11(12)14;3*1-13-4-5-14-10(7-13)8-18-12-6-9(15(16)17)2-3-11(12)14;15-14(16)8-1-2-11-10(5-8)13-4-3-12(18)6-9(13)7-17-11;1-6-3-4-8(9(10)11)5-7(6)2;1-8-3-2-7-6(4-8)5-9;7*1-2;;/h5*2-3,6,10H,4-5,7-8H2,1H3;1-2,5,9H,3-4,6-7,18H2;3-5H,1-2H3;6-7,9H,2-5H2,1H3;7*1-2H3;;. The molecule has 2 N–H and O–H groups in total. The number of rotatable bonds is 8. The van der Waals surface area contributed by atoms with E-state index in [0.717, 1.165) is 200 Å². The van der Waals surface area contributed by atoms with E-state index in [4.69, 9.17) is 33.5 Å². The number of ether oxygens (including phenoxy) is 6. The van der Waals surface area contributed by atoms with Crippen LogP contribution in [0.4, 0.5) is 73.9 Å². The first kappa shape index (κ1) is 125. The Morgan fingerprint density at radius 1 is 0.285 bits per heavy atom. The molecule has 20 rings (SSSR count). The minimum absolute atomic E-state index is 0. The molecule has 0 amide bonds. The van der Waals surface area contributed by atoms with E-state index in [9.17, 15) is 70.8 Å². The summed E-state index contributed by atoms with van der Waals surface area (Å²) >= 11 is 0. The minimum Gasteiger partial charge on any atom is -0.489 e. The Hall–Kier alpha value is -10.8. The van der Waals surface area contributed by atoms with Gasteiger partial charge >= 0.3 is 0 Å². The van der Waals surface area contributed by atoms with Crippen LogP contribution in [-0.4, -0.2) is 342 Å². The molecular formula is C99H154N21O21PV2. The number of fused-ring (bicyclic) bond motifs is 18.